The van der Waals surface area contributed by atoms with Crippen LogP contribution in [0.15, 0.2) is 48.5 Å². The predicted molar refractivity (Wildman–Crippen MR) is 111 cm³/mol. The van der Waals surface area contributed by atoms with Crippen LogP contribution in [0.1, 0.15) is 22.9 Å². The van der Waals surface area contributed by atoms with E-state index < -0.39 is 23.8 Å². The van der Waals surface area contributed by atoms with Crippen LogP contribution >= 0.6 is 0 Å². The molecule has 1 unspecified atom stereocenters. The van der Waals surface area contributed by atoms with Crippen molar-refractivity contribution in [3.8, 4) is 0 Å². The van der Waals surface area contributed by atoms with E-state index in [0.717, 1.165) is 34.0 Å². The first kappa shape index (κ1) is 21.5. The van der Waals surface area contributed by atoms with E-state index in [0.29, 0.717) is 32.0 Å². The van der Waals surface area contributed by atoms with Crippen molar-refractivity contribution in [3.63, 3.8) is 0 Å². The van der Waals surface area contributed by atoms with Crippen molar-refractivity contribution >= 4 is 22.1 Å². The van der Waals surface area contributed by atoms with E-state index in [9.17, 15) is 22.7 Å². The molecule has 0 saturated carbocycles. The summed E-state index contributed by atoms with van der Waals surface area (Å²) in [6.07, 6.45) is -5.61. The number of rotatable bonds is 4. The summed E-state index contributed by atoms with van der Waals surface area (Å²) in [6.45, 7) is 4.20. The average Bonchev–Trinajstić information content (AvgIpc) is 2.75. The van der Waals surface area contributed by atoms with Crippen molar-refractivity contribution in [1.82, 2.24) is 4.90 Å². The Kier molecular flexibility index (Phi) is 5.88. The van der Waals surface area contributed by atoms with Crippen LogP contribution in [-0.2, 0) is 10.9 Å². The highest BCUT2D eigenvalue weighted by atomic mass is 19.4. The standard InChI is InChI=1S/C23H22F4N2O2/c1-14-3-2-4-16-20(28-15-5-7-19(24)18(13-15)23(25,26)27)8-6-17(21(14)16)22(30)29-9-11-31-12-10-29/h2-8,13,22,28,30H,9-12H2,1H3. The largest absolute Gasteiger partial charge is 0.419 e. The molecule has 8 heteroatoms. The van der Waals surface area contributed by atoms with Crippen molar-refractivity contribution in [2.75, 3.05) is 31.6 Å². The Morgan fingerprint density at radius 3 is 2.52 bits per heavy atom. The molecule has 0 spiro atoms. The highest BCUT2D eigenvalue weighted by Gasteiger charge is 2.34. The van der Waals surface area contributed by atoms with Crippen molar-refractivity contribution in [2.45, 2.75) is 19.3 Å². The summed E-state index contributed by atoms with van der Waals surface area (Å²) >= 11 is 0. The van der Waals surface area contributed by atoms with E-state index in [1.165, 1.54) is 6.07 Å². The summed E-state index contributed by atoms with van der Waals surface area (Å²) in [5.41, 5.74) is 1.01. The van der Waals surface area contributed by atoms with Gasteiger partial charge in [-0.25, -0.2) is 4.39 Å². The zero-order chi connectivity index (χ0) is 22.2. The van der Waals surface area contributed by atoms with Crippen molar-refractivity contribution in [2.24, 2.45) is 0 Å². The number of aliphatic hydroxyl groups excluding tert-OH is 1. The number of nitrogens with zero attached hydrogens (tertiary/aromatic N) is 1. The lowest BCUT2D eigenvalue weighted by Crippen LogP contribution is -2.39. The monoisotopic (exact) mass is 434 g/mol. The minimum absolute atomic E-state index is 0.123. The fourth-order valence-corrected chi connectivity index (χ4v) is 3.94. The van der Waals surface area contributed by atoms with Crippen LogP contribution in [0.25, 0.3) is 10.8 Å². The highest BCUT2D eigenvalue weighted by molar-refractivity contribution is 5.99. The molecule has 0 bridgehead atoms. The van der Waals surface area contributed by atoms with Crippen LogP contribution in [0.5, 0.6) is 0 Å². The Bertz CT molecular complexity index is 1090. The maximum Gasteiger partial charge on any atom is 0.419 e. The van der Waals surface area contributed by atoms with Gasteiger partial charge in [-0.05, 0) is 42.1 Å². The third-order valence-corrected chi connectivity index (χ3v) is 5.50. The van der Waals surface area contributed by atoms with Crippen molar-refractivity contribution < 1.29 is 27.4 Å². The number of ether oxygens (including phenoxy) is 1. The highest BCUT2D eigenvalue weighted by Crippen LogP contribution is 2.37. The minimum atomic E-state index is -4.79. The lowest BCUT2D eigenvalue weighted by molar-refractivity contribution is -0.139. The Labute approximate surface area is 177 Å². The van der Waals surface area contributed by atoms with Gasteiger partial charge in [-0.3, -0.25) is 4.90 Å². The van der Waals surface area contributed by atoms with E-state index in [2.05, 4.69) is 5.32 Å². The molecule has 3 aromatic carbocycles. The molecule has 1 fully saturated rings. The molecule has 1 heterocycles. The number of aryl methyl sites for hydroxylation is 1. The maximum atomic E-state index is 13.6. The molecule has 1 atom stereocenters. The molecular weight excluding hydrogens is 412 g/mol. The Morgan fingerprint density at radius 1 is 1.06 bits per heavy atom. The van der Waals surface area contributed by atoms with Crippen molar-refractivity contribution in [1.29, 1.82) is 0 Å². The fourth-order valence-electron chi connectivity index (χ4n) is 3.94. The van der Waals surface area contributed by atoms with Gasteiger partial charge in [0, 0.05) is 35.4 Å². The number of alkyl halides is 3. The first-order valence-electron chi connectivity index (χ1n) is 9.91. The van der Waals surface area contributed by atoms with Gasteiger partial charge in [-0.15, -0.1) is 0 Å². The molecular formula is C23H22F4N2O2. The van der Waals surface area contributed by atoms with E-state index in [4.69, 9.17) is 4.74 Å². The summed E-state index contributed by atoms with van der Waals surface area (Å²) in [7, 11) is 0. The molecule has 164 valence electrons. The molecule has 0 amide bonds. The predicted octanol–water partition coefficient (Wildman–Crippen LogP) is 5.37. The molecule has 3 aromatic rings. The number of morpholine rings is 1. The quantitative estimate of drug-likeness (QED) is 0.542. The molecule has 0 aromatic heterocycles. The number of hydrogen-bond acceptors (Lipinski definition) is 4. The molecule has 1 saturated heterocycles. The number of fused-ring (bicyclic) bond motifs is 1. The Balaban J connectivity index is 1.75. The van der Waals surface area contributed by atoms with Crippen LogP contribution < -0.4 is 5.32 Å². The summed E-state index contributed by atoms with van der Waals surface area (Å²) in [6, 6.07) is 11.9. The zero-order valence-corrected chi connectivity index (χ0v) is 16.8. The topological polar surface area (TPSA) is 44.7 Å². The van der Waals surface area contributed by atoms with Crippen LogP contribution in [0.4, 0.5) is 28.9 Å². The lowest BCUT2D eigenvalue weighted by atomic mass is 9.96. The lowest BCUT2D eigenvalue weighted by Gasteiger charge is -2.32. The zero-order valence-electron chi connectivity index (χ0n) is 16.8. The summed E-state index contributed by atoms with van der Waals surface area (Å²) in [4.78, 5) is 1.92. The van der Waals surface area contributed by atoms with Crippen LogP contribution in [0.3, 0.4) is 0 Å². The third-order valence-electron chi connectivity index (χ3n) is 5.50. The SMILES string of the molecule is Cc1cccc2c(Nc3ccc(F)c(C(F)(F)F)c3)ccc(C(O)N3CCOCC3)c12. The normalized spacial score (nSPS) is 16.5. The maximum absolute atomic E-state index is 13.6. The minimum Gasteiger partial charge on any atom is -0.379 e. The molecule has 4 rings (SSSR count). The van der Waals surface area contributed by atoms with E-state index in [1.54, 1.807) is 12.1 Å². The molecule has 1 aliphatic rings. The number of aliphatic hydroxyl groups is 1. The molecule has 0 radical (unpaired) electrons. The molecule has 2 N–H and O–H groups in total. The third kappa shape index (κ3) is 4.37. The van der Waals surface area contributed by atoms with Crippen LogP contribution in [0.2, 0.25) is 0 Å². The van der Waals surface area contributed by atoms with Gasteiger partial charge >= 0.3 is 6.18 Å². The van der Waals surface area contributed by atoms with E-state index in [-0.39, 0.29) is 5.69 Å². The van der Waals surface area contributed by atoms with Gasteiger partial charge < -0.3 is 15.2 Å². The second-order valence-corrected chi connectivity index (χ2v) is 7.54. The smallest absolute Gasteiger partial charge is 0.379 e. The van der Waals surface area contributed by atoms with Gasteiger partial charge in [0.05, 0.1) is 18.8 Å². The first-order valence-corrected chi connectivity index (χ1v) is 9.91. The van der Waals surface area contributed by atoms with E-state index in [1.807, 2.05) is 30.0 Å². The molecule has 4 nitrogen and oxygen atoms in total. The summed E-state index contributed by atoms with van der Waals surface area (Å²) in [5, 5.41) is 15.5. The van der Waals surface area contributed by atoms with Gasteiger partial charge in [0.1, 0.15) is 12.0 Å². The summed E-state index contributed by atoms with van der Waals surface area (Å²) < 4.78 is 58.2. The summed E-state index contributed by atoms with van der Waals surface area (Å²) in [5.74, 6) is -1.32. The fraction of sp³-hybridized carbons (Fsp3) is 0.304. The first-order chi connectivity index (χ1) is 14.8. The Hall–Kier alpha value is -2.68. The average molecular weight is 434 g/mol. The molecule has 31 heavy (non-hydrogen) atoms. The van der Waals surface area contributed by atoms with Gasteiger partial charge in [0.2, 0.25) is 0 Å². The van der Waals surface area contributed by atoms with Crippen LogP contribution in [-0.4, -0.2) is 36.3 Å². The number of anilines is 2. The number of hydrogen-bond donors (Lipinski definition) is 2. The second kappa shape index (κ2) is 8.45. The molecule has 0 aliphatic carbocycles. The number of benzene rings is 3. The van der Waals surface area contributed by atoms with Gasteiger partial charge in [-0.2, -0.15) is 13.2 Å². The van der Waals surface area contributed by atoms with E-state index >= 15 is 0 Å². The number of nitrogens with one attached hydrogen (secondary N) is 1. The van der Waals surface area contributed by atoms with Gasteiger partial charge in [0.25, 0.3) is 0 Å². The Morgan fingerprint density at radius 2 is 1.81 bits per heavy atom. The van der Waals surface area contributed by atoms with Gasteiger partial charge in [-0.1, -0.05) is 24.3 Å². The van der Waals surface area contributed by atoms with Crippen molar-refractivity contribution in [3.05, 3.63) is 71.0 Å². The molecule has 1 aliphatic heterocycles. The number of halogens is 4. The van der Waals surface area contributed by atoms with Gasteiger partial charge in [0.15, 0.2) is 0 Å². The second-order valence-electron chi connectivity index (χ2n) is 7.54. The van der Waals surface area contributed by atoms with Crippen LogP contribution in [0, 0.1) is 12.7 Å².